The maximum absolute atomic E-state index is 12.5. The van der Waals surface area contributed by atoms with Crippen LogP contribution in [-0.2, 0) is 0 Å². The molecule has 1 fully saturated rings. The second kappa shape index (κ2) is 6.67. The lowest BCUT2D eigenvalue weighted by molar-refractivity contribution is -0.385. The third kappa shape index (κ3) is 3.58. The van der Waals surface area contributed by atoms with Gasteiger partial charge in [0, 0.05) is 36.3 Å². The van der Waals surface area contributed by atoms with E-state index in [2.05, 4.69) is 5.32 Å². The maximum Gasteiger partial charge on any atom is 0.273 e. The molecule has 0 aliphatic carbocycles. The number of hydrogen-bond donors (Lipinski definition) is 1. The molecule has 1 amide bonds. The van der Waals surface area contributed by atoms with Crippen LogP contribution in [-0.4, -0.2) is 41.4 Å². The second-order valence-electron chi connectivity index (χ2n) is 5.40. The van der Waals surface area contributed by atoms with Crippen molar-refractivity contribution in [2.24, 2.45) is 0 Å². The van der Waals surface area contributed by atoms with E-state index in [9.17, 15) is 14.9 Å². The largest absolute Gasteiger partial charge is 0.337 e. The molecule has 1 aromatic rings. The summed E-state index contributed by atoms with van der Waals surface area (Å²) in [7, 11) is 0. The zero-order chi connectivity index (χ0) is 15.4. The molecule has 6 heteroatoms. The molecule has 114 valence electrons. The van der Waals surface area contributed by atoms with Crippen molar-refractivity contribution in [1.29, 1.82) is 0 Å². The number of aryl methyl sites for hydroxylation is 1. The number of nitro groups is 1. The van der Waals surface area contributed by atoms with Crippen LogP contribution in [0.5, 0.6) is 0 Å². The summed E-state index contributed by atoms with van der Waals surface area (Å²) >= 11 is 0. The predicted molar refractivity (Wildman–Crippen MR) is 80.4 cm³/mol. The van der Waals surface area contributed by atoms with Crippen LogP contribution < -0.4 is 5.32 Å². The maximum atomic E-state index is 12.5. The molecule has 6 nitrogen and oxygen atoms in total. The van der Waals surface area contributed by atoms with Gasteiger partial charge in [-0.1, -0.05) is 6.07 Å². The molecule has 1 heterocycles. The lowest BCUT2D eigenvalue weighted by Crippen LogP contribution is -2.41. The lowest BCUT2D eigenvalue weighted by Gasteiger charge is -2.24. The highest BCUT2D eigenvalue weighted by Gasteiger charge is 2.23. The Labute approximate surface area is 124 Å². The van der Waals surface area contributed by atoms with Crippen LogP contribution in [0.25, 0.3) is 0 Å². The fourth-order valence-electron chi connectivity index (χ4n) is 2.66. The molecule has 0 bridgehead atoms. The van der Waals surface area contributed by atoms with Gasteiger partial charge in [-0.05, 0) is 39.3 Å². The number of amides is 1. The number of carbonyl (C=O) groups excluding carboxylic acids is 1. The normalized spacial score (nSPS) is 17.7. The third-order valence-electron chi connectivity index (χ3n) is 3.92. The molecule has 0 aromatic heterocycles. The van der Waals surface area contributed by atoms with Gasteiger partial charge in [-0.15, -0.1) is 0 Å². The van der Waals surface area contributed by atoms with E-state index in [4.69, 9.17) is 0 Å². The molecular formula is C15H21N3O3. The van der Waals surface area contributed by atoms with Crippen molar-refractivity contribution in [1.82, 2.24) is 10.2 Å². The van der Waals surface area contributed by atoms with Crippen LogP contribution in [0.1, 0.15) is 35.7 Å². The van der Waals surface area contributed by atoms with Crippen LogP contribution in [0, 0.1) is 17.0 Å². The number of nitrogens with one attached hydrogen (secondary N) is 1. The number of carbonyl (C=O) groups is 1. The topological polar surface area (TPSA) is 75.5 Å². The standard InChI is InChI=1S/C15H21N3O3/c1-3-17(10-13-5-4-8-16-13)15(19)12-7-6-11(2)14(9-12)18(20)21/h6-7,9,13,16H,3-5,8,10H2,1-2H3. The molecule has 1 N–H and O–H groups in total. The number of likely N-dealkylation sites (N-methyl/N-ethyl adjacent to an activating group) is 1. The number of benzene rings is 1. The van der Waals surface area contributed by atoms with Gasteiger partial charge in [-0.25, -0.2) is 0 Å². The average molecular weight is 291 g/mol. The predicted octanol–water partition coefficient (Wildman–Crippen LogP) is 2.12. The van der Waals surface area contributed by atoms with Crippen LogP contribution in [0.15, 0.2) is 18.2 Å². The van der Waals surface area contributed by atoms with Gasteiger partial charge in [0.1, 0.15) is 0 Å². The summed E-state index contributed by atoms with van der Waals surface area (Å²) in [5.74, 6) is -0.144. The Morgan fingerprint density at radius 1 is 1.52 bits per heavy atom. The molecule has 1 unspecified atom stereocenters. The van der Waals surface area contributed by atoms with Gasteiger partial charge < -0.3 is 10.2 Å². The van der Waals surface area contributed by atoms with Crippen molar-refractivity contribution >= 4 is 11.6 Å². The summed E-state index contributed by atoms with van der Waals surface area (Å²) in [4.78, 5) is 24.8. The van der Waals surface area contributed by atoms with Crippen molar-refractivity contribution in [2.45, 2.75) is 32.7 Å². The number of hydrogen-bond acceptors (Lipinski definition) is 4. The van der Waals surface area contributed by atoms with E-state index < -0.39 is 4.92 Å². The van der Waals surface area contributed by atoms with Gasteiger partial charge in [0.2, 0.25) is 0 Å². The minimum atomic E-state index is -0.444. The van der Waals surface area contributed by atoms with Crippen LogP contribution in [0.3, 0.4) is 0 Å². The zero-order valence-corrected chi connectivity index (χ0v) is 12.5. The molecule has 1 saturated heterocycles. The monoisotopic (exact) mass is 291 g/mol. The molecule has 21 heavy (non-hydrogen) atoms. The highest BCUT2D eigenvalue weighted by atomic mass is 16.6. The highest BCUT2D eigenvalue weighted by Crippen LogP contribution is 2.20. The molecule has 1 atom stereocenters. The smallest absolute Gasteiger partial charge is 0.273 e. The van der Waals surface area contributed by atoms with Crippen molar-refractivity contribution in [3.8, 4) is 0 Å². The summed E-state index contributed by atoms with van der Waals surface area (Å²) in [5.41, 5.74) is 0.945. The minimum absolute atomic E-state index is 0.00380. The quantitative estimate of drug-likeness (QED) is 0.666. The summed E-state index contributed by atoms with van der Waals surface area (Å²) in [6.07, 6.45) is 2.20. The zero-order valence-electron chi connectivity index (χ0n) is 12.5. The summed E-state index contributed by atoms with van der Waals surface area (Å²) in [6.45, 7) is 5.84. The van der Waals surface area contributed by atoms with E-state index >= 15 is 0 Å². The highest BCUT2D eigenvalue weighted by molar-refractivity contribution is 5.95. The molecule has 0 saturated carbocycles. The molecule has 2 rings (SSSR count). The summed E-state index contributed by atoms with van der Waals surface area (Å²) < 4.78 is 0. The van der Waals surface area contributed by atoms with Crippen LogP contribution in [0.2, 0.25) is 0 Å². The Hall–Kier alpha value is -1.95. The van der Waals surface area contributed by atoms with E-state index in [1.807, 2.05) is 6.92 Å². The summed E-state index contributed by atoms with van der Waals surface area (Å²) in [5, 5.41) is 14.3. The molecular weight excluding hydrogens is 270 g/mol. The van der Waals surface area contributed by atoms with E-state index in [1.54, 1.807) is 24.0 Å². The molecule has 1 aliphatic heterocycles. The van der Waals surface area contributed by atoms with E-state index in [0.717, 1.165) is 19.4 Å². The van der Waals surface area contributed by atoms with Crippen LogP contribution >= 0.6 is 0 Å². The van der Waals surface area contributed by atoms with Gasteiger partial charge in [-0.3, -0.25) is 14.9 Å². The first kappa shape index (κ1) is 15.4. The van der Waals surface area contributed by atoms with Gasteiger partial charge in [-0.2, -0.15) is 0 Å². The van der Waals surface area contributed by atoms with Crippen molar-refractivity contribution in [3.05, 3.63) is 39.4 Å². The van der Waals surface area contributed by atoms with Gasteiger partial charge in [0.25, 0.3) is 11.6 Å². The number of rotatable bonds is 5. The van der Waals surface area contributed by atoms with Gasteiger partial charge >= 0.3 is 0 Å². The molecule has 1 aliphatic rings. The van der Waals surface area contributed by atoms with Crippen molar-refractivity contribution in [3.63, 3.8) is 0 Å². The Bertz CT molecular complexity index is 539. The van der Waals surface area contributed by atoms with E-state index in [1.165, 1.54) is 6.07 Å². The molecule has 1 aromatic carbocycles. The average Bonchev–Trinajstić information content (AvgIpc) is 2.97. The lowest BCUT2D eigenvalue weighted by atomic mass is 10.1. The number of nitro benzene ring substituents is 1. The Kier molecular flexibility index (Phi) is 4.90. The Morgan fingerprint density at radius 2 is 2.29 bits per heavy atom. The SMILES string of the molecule is CCN(CC1CCCN1)C(=O)c1ccc(C)c([N+](=O)[O-])c1. The first-order valence-corrected chi connectivity index (χ1v) is 7.30. The first-order valence-electron chi connectivity index (χ1n) is 7.30. The fraction of sp³-hybridized carbons (Fsp3) is 0.533. The Morgan fingerprint density at radius 3 is 2.86 bits per heavy atom. The van der Waals surface area contributed by atoms with Gasteiger partial charge in [0.15, 0.2) is 0 Å². The van der Waals surface area contributed by atoms with Crippen molar-refractivity contribution < 1.29 is 9.72 Å². The number of nitrogens with zero attached hydrogens (tertiary/aromatic N) is 2. The Balaban J connectivity index is 2.16. The third-order valence-corrected chi connectivity index (χ3v) is 3.92. The first-order chi connectivity index (χ1) is 10.0. The van der Waals surface area contributed by atoms with E-state index in [-0.39, 0.29) is 11.6 Å². The fourth-order valence-corrected chi connectivity index (χ4v) is 2.66. The summed E-state index contributed by atoms with van der Waals surface area (Å²) in [6, 6.07) is 5.00. The van der Waals surface area contributed by atoms with Crippen molar-refractivity contribution in [2.75, 3.05) is 19.6 Å². The molecule has 0 spiro atoms. The minimum Gasteiger partial charge on any atom is -0.337 e. The second-order valence-corrected chi connectivity index (χ2v) is 5.40. The molecule has 0 radical (unpaired) electrons. The van der Waals surface area contributed by atoms with E-state index in [0.29, 0.717) is 30.3 Å². The van der Waals surface area contributed by atoms with Crippen LogP contribution in [0.4, 0.5) is 5.69 Å². The van der Waals surface area contributed by atoms with Gasteiger partial charge in [0.05, 0.1) is 4.92 Å².